The van der Waals surface area contributed by atoms with Gasteiger partial charge in [0.25, 0.3) is 0 Å². The minimum Gasteiger partial charge on any atom is -0.352 e. The predicted molar refractivity (Wildman–Crippen MR) is 80.8 cm³/mol. The van der Waals surface area contributed by atoms with Crippen molar-refractivity contribution >= 4 is 27.4 Å². The fourth-order valence-electron chi connectivity index (χ4n) is 2.84. The molecule has 0 atom stereocenters. The molecule has 1 saturated heterocycles. The van der Waals surface area contributed by atoms with E-state index in [1.165, 1.54) is 10.3 Å². The highest BCUT2D eigenvalue weighted by Crippen LogP contribution is 2.35. The van der Waals surface area contributed by atoms with E-state index in [1.54, 1.807) is 17.7 Å². The molecule has 3 rings (SSSR count). The van der Waals surface area contributed by atoms with Crippen molar-refractivity contribution < 1.29 is 0 Å². The summed E-state index contributed by atoms with van der Waals surface area (Å²) in [6.07, 6.45) is 4.95. The van der Waals surface area contributed by atoms with Crippen molar-refractivity contribution in [2.75, 3.05) is 18.0 Å². The molecule has 0 aliphatic carbocycles. The fourth-order valence-corrected chi connectivity index (χ4v) is 3.77. The molecule has 102 valence electrons. The zero-order valence-corrected chi connectivity index (χ0v) is 12.3. The minimum absolute atomic E-state index is 0.0182. The summed E-state index contributed by atoms with van der Waals surface area (Å²) in [7, 11) is 0. The first kappa shape index (κ1) is 12.8. The quantitative estimate of drug-likeness (QED) is 0.932. The molecule has 2 aromatic rings. The van der Waals surface area contributed by atoms with Crippen LogP contribution >= 0.6 is 11.3 Å². The normalized spacial score (nSPS) is 17.7. The third-order valence-corrected chi connectivity index (χ3v) is 4.95. The molecule has 4 nitrogen and oxygen atoms in total. The molecule has 0 amide bonds. The first-order valence-corrected chi connectivity index (χ1v) is 7.74. The number of rotatable bonds is 4. The lowest BCUT2D eigenvalue weighted by Gasteiger charge is -2.48. The van der Waals surface area contributed by atoms with Crippen LogP contribution in [0.4, 0.5) is 5.82 Å². The molecule has 2 N–H and O–H groups in total. The zero-order chi connectivity index (χ0) is 13.5. The topological polar surface area (TPSA) is 55.0 Å². The van der Waals surface area contributed by atoms with Gasteiger partial charge in [-0.1, -0.05) is 20.3 Å². The first-order valence-electron chi connectivity index (χ1n) is 6.92. The van der Waals surface area contributed by atoms with Crippen molar-refractivity contribution in [2.45, 2.75) is 38.6 Å². The van der Waals surface area contributed by atoms with Crippen LogP contribution in [0.1, 0.15) is 31.6 Å². The third kappa shape index (κ3) is 2.21. The summed E-state index contributed by atoms with van der Waals surface area (Å²) >= 11 is 1.76. The number of hydrogen-bond donors (Lipinski definition) is 1. The number of fused-ring (bicyclic) bond motifs is 1. The Morgan fingerprint density at radius 2 is 2.16 bits per heavy atom. The lowest BCUT2D eigenvalue weighted by molar-refractivity contribution is 0.306. The molecule has 0 saturated carbocycles. The molecule has 1 fully saturated rings. The van der Waals surface area contributed by atoms with Gasteiger partial charge in [0.05, 0.1) is 10.9 Å². The van der Waals surface area contributed by atoms with Gasteiger partial charge in [0.2, 0.25) is 0 Å². The van der Waals surface area contributed by atoms with Crippen LogP contribution < -0.4 is 10.6 Å². The van der Waals surface area contributed by atoms with Crippen LogP contribution in [0.3, 0.4) is 0 Å². The van der Waals surface area contributed by atoms with Gasteiger partial charge in [0.1, 0.15) is 17.0 Å². The molecular formula is C14H20N4S. The minimum atomic E-state index is -0.0182. The van der Waals surface area contributed by atoms with Gasteiger partial charge in [-0.2, -0.15) is 0 Å². The van der Waals surface area contributed by atoms with Crippen molar-refractivity contribution in [1.82, 2.24) is 9.97 Å². The van der Waals surface area contributed by atoms with E-state index < -0.39 is 0 Å². The fraction of sp³-hybridized carbons (Fsp3) is 0.571. The molecule has 0 aromatic carbocycles. The van der Waals surface area contributed by atoms with E-state index in [9.17, 15) is 0 Å². The Bertz CT molecular complexity index is 586. The van der Waals surface area contributed by atoms with Gasteiger partial charge in [0, 0.05) is 18.0 Å². The summed E-state index contributed by atoms with van der Waals surface area (Å²) in [5, 5.41) is 1.18. The van der Waals surface area contributed by atoms with E-state index in [-0.39, 0.29) is 5.54 Å². The molecule has 1 aliphatic rings. The maximum atomic E-state index is 6.33. The Labute approximate surface area is 117 Å². The van der Waals surface area contributed by atoms with Crippen LogP contribution in [0.2, 0.25) is 0 Å². The summed E-state index contributed by atoms with van der Waals surface area (Å²) in [5.41, 5.74) is 6.32. The summed E-state index contributed by atoms with van der Waals surface area (Å²) < 4.78 is 0. The van der Waals surface area contributed by atoms with Crippen LogP contribution in [0.25, 0.3) is 10.2 Å². The lowest BCUT2D eigenvalue weighted by Crippen LogP contribution is -2.67. The SMILES string of the molecule is CCCC1(N)CN(c2ncnc3sc(CC)cc23)C1. The van der Waals surface area contributed by atoms with Crippen LogP contribution in [-0.2, 0) is 6.42 Å². The van der Waals surface area contributed by atoms with E-state index in [0.29, 0.717) is 0 Å². The highest BCUT2D eigenvalue weighted by molar-refractivity contribution is 7.18. The van der Waals surface area contributed by atoms with Gasteiger partial charge < -0.3 is 10.6 Å². The van der Waals surface area contributed by atoms with Gasteiger partial charge in [-0.05, 0) is 18.9 Å². The number of hydrogen-bond acceptors (Lipinski definition) is 5. The highest BCUT2D eigenvalue weighted by Gasteiger charge is 2.39. The number of aromatic nitrogens is 2. The van der Waals surface area contributed by atoms with Gasteiger partial charge in [-0.15, -0.1) is 11.3 Å². The average molecular weight is 276 g/mol. The van der Waals surface area contributed by atoms with Gasteiger partial charge in [-0.3, -0.25) is 0 Å². The standard InChI is InChI=1S/C14H20N4S/c1-3-5-14(15)7-18(8-14)12-11-6-10(4-2)19-13(11)17-9-16-12/h6,9H,3-5,7-8,15H2,1-2H3. The number of nitrogens with zero attached hydrogens (tertiary/aromatic N) is 3. The molecule has 3 heterocycles. The molecule has 5 heteroatoms. The molecule has 19 heavy (non-hydrogen) atoms. The Hall–Kier alpha value is -1.20. The van der Waals surface area contributed by atoms with Crippen LogP contribution in [0.5, 0.6) is 0 Å². The van der Waals surface area contributed by atoms with Crippen molar-refractivity contribution in [3.63, 3.8) is 0 Å². The monoisotopic (exact) mass is 276 g/mol. The molecule has 2 aromatic heterocycles. The number of aryl methyl sites for hydroxylation is 1. The van der Waals surface area contributed by atoms with Crippen LogP contribution in [-0.4, -0.2) is 28.6 Å². The molecule has 1 aliphatic heterocycles. The summed E-state index contributed by atoms with van der Waals surface area (Å²) in [5.74, 6) is 1.05. The van der Waals surface area contributed by atoms with E-state index >= 15 is 0 Å². The second kappa shape index (κ2) is 4.72. The van der Waals surface area contributed by atoms with Crippen molar-refractivity contribution in [1.29, 1.82) is 0 Å². The molecule has 0 unspecified atom stereocenters. The first-order chi connectivity index (χ1) is 9.15. The molecule has 0 radical (unpaired) electrons. The summed E-state index contributed by atoms with van der Waals surface area (Å²) in [6, 6.07) is 2.23. The highest BCUT2D eigenvalue weighted by atomic mass is 32.1. The van der Waals surface area contributed by atoms with E-state index in [1.807, 2.05) is 0 Å². The Kier molecular flexibility index (Phi) is 3.19. The number of nitrogens with two attached hydrogens (primary N) is 1. The largest absolute Gasteiger partial charge is 0.352 e. The summed E-state index contributed by atoms with van der Waals surface area (Å²) in [6.45, 7) is 6.18. The van der Waals surface area contributed by atoms with Gasteiger partial charge in [-0.25, -0.2) is 9.97 Å². The smallest absolute Gasteiger partial charge is 0.140 e. The third-order valence-electron chi connectivity index (χ3n) is 3.77. The maximum Gasteiger partial charge on any atom is 0.140 e. The zero-order valence-electron chi connectivity index (χ0n) is 11.5. The molecule has 0 bridgehead atoms. The van der Waals surface area contributed by atoms with Crippen molar-refractivity contribution in [3.8, 4) is 0 Å². The van der Waals surface area contributed by atoms with Gasteiger partial charge in [0.15, 0.2) is 0 Å². The van der Waals surface area contributed by atoms with Crippen molar-refractivity contribution in [2.24, 2.45) is 5.73 Å². The van der Waals surface area contributed by atoms with E-state index in [0.717, 1.165) is 43.0 Å². The van der Waals surface area contributed by atoms with E-state index in [2.05, 4.69) is 34.8 Å². The summed E-state index contributed by atoms with van der Waals surface area (Å²) in [4.78, 5) is 13.6. The van der Waals surface area contributed by atoms with Crippen LogP contribution in [0.15, 0.2) is 12.4 Å². The van der Waals surface area contributed by atoms with Crippen molar-refractivity contribution in [3.05, 3.63) is 17.3 Å². The average Bonchev–Trinajstić information content (AvgIpc) is 2.79. The Morgan fingerprint density at radius 1 is 1.37 bits per heavy atom. The second-order valence-corrected chi connectivity index (χ2v) is 6.57. The predicted octanol–water partition coefficient (Wildman–Crippen LogP) is 2.57. The van der Waals surface area contributed by atoms with Crippen LogP contribution in [0, 0.1) is 0 Å². The van der Waals surface area contributed by atoms with E-state index in [4.69, 9.17) is 5.73 Å². The Morgan fingerprint density at radius 3 is 2.84 bits per heavy atom. The molecule has 0 spiro atoms. The molecular weight excluding hydrogens is 256 g/mol. The lowest BCUT2D eigenvalue weighted by atomic mass is 9.86. The number of anilines is 1. The maximum absolute atomic E-state index is 6.33. The number of thiophene rings is 1. The second-order valence-electron chi connectivity index (χ2n) is 5.45. The Balaban J connectivity index is 1.88. The van der Waals surface area contributed by atoms with Gasteiger partial charge >= 0.3 is 0 Å².